The van der Waals surface area contributed by atoms with Crippen molar-refractivity contribution in [3.05, 3.63) is 13.8 Å². The molecule has 0 amide bonds. The maximum Gasteiger partial charge on any atom is 2.00 e. The molecule has 8 heavy (non-hydrogen) atoms. The fourth-order valence-electron chi connectivity index (χ4n) is 0. The van der Waals surface area contributed by atoms with E-state index in [9.17, 15) is 0 Å². The first-order chi connectivity index (χ1) is 3.00. The van der Waals surface area contributed by atoms with Crippen LogP contribution >= 0.6 is 0 Å². The summed E-state index contributed by atoms with van der Waals surface area (Å²) in [5.74, 6) is 0. The van der Waals surface area contributed by atoms with Crippen LogP contribution in [0.2, 0.25) is 0 Å². The standard InChI is InChI=1S/2C2H5.H2O2.H2O.Sn/c3*1-2;;/h2*1H2,2H3;1-2H;1H2;/q;;;;+2/p-2. The second-order valence-corrected chi connectivity index (χ2v) is 0. The molecular formula is C4H12O3Sn. The Morgan fingerprint density at radius 2 is 1.00 bits per heavy atom. The molecule has 0 saturated carbocycles. The summed E-state index contributed by atoms with van der Waals surface area (Å²) in [7, 11) is 0. The Bertz CT molecular complexity index is 11.2. The van der Waals surface area contributed by atoms with Gasteiger partial charge in [0.2, 0.25) is 0 Å². The molecule has 4 radical (unpaired) electrons. The average Bonchev–Trinajstić information content (AvgIpc) is 1.81. The molecule has 0 spiro atoms. The summed E-state index contributed by atoms with van der Waals surface area (Å²) in [6.07, 6.45) is 0. The molecule has 4 heteroatoms. The average molecular weight is 227 g/mol. The van der Waals surface area contributed by atoms with Crippen LogP contribution in [0.5, 0.6) is 0 Å². The molecule has 0 atom stereocenters. The topological polar surface area (TPSA) is 73.3 Å². The van der Waals surface area contributed by atoms with E-state index in [2.05, 4.69) is 13.8 Å². The minimum atomic E-state index is 0. The zero-order valence-corrected chi connectivity index (χ0v) is 8.07. The maximum atomic E-state index is 7.25. The van der Waals surface area contributed by atoms with E-state index in [0.29, 0.717) is 0 Å². The van der Waals surface area contributed by atoms with E-state index in [1.165, 1.54) is 0 Å². The molecule has 50 valence electrons. The Morgan fingerprint density at radius 1 is 1.00 bits per heavy atom. The summed E-state index contributed by atoms with van der Waals surface area (Å²) in [5.41, 5.74) is 0. The van der Waals surface area contributed by atoms with Gasteiger partial charge in [-0.1, -0.05) is 27.7 Å². The van der Waals surface area contributed by atoms with Gasteiger partial charge in [-0.2, -0.15) is 0 Å². The predicted octanol–water partition coefficient (Wildman–Crippen LogP) is -0.0571. The normalized spacial score (nSPS) is 2.25. The van der Waals surface area contributed by atoms with Gasteiger partial charge in [-0.05, 0) is 0 Å². The smallest absolute Gasteiger partial charge is 0.870 e. The number of rotatable bonds is 0. The Morgan fingerprint density at radius 3 is 1.00 bits per heavy atom. The van der Waals surface area contributed by atoms with Crippen LogP contribution in [0.1, 0.15) is 13.8 Å². The number of hydrogen-bond donors (Lipinski definition) is 1. The molecule has 0 aromatic carbocycles. The SMILES string of the molecule is [CH2]C.[CH2]C.[O-]O.[OH-].[Sn+2]. The Labute approximate surface area is 67.9 Å². The molecule has 3 nitrogen and oxygen atoms in total. The van der Waals surface area contributed by atoms with Crippen LogP contribution in [0.3, 0.4) is 0 Å². The summed E-state index contributed by atoms with van der Waals surface area (Å²) in [6, 6.07) is 0. The van der Waals surface area contributed by atoms with Crippen molar-refractivity contribution < 1.29 is 16.0 Å². The van der Waals surface area contributed by atoms with Gasteiger partial charge in [-0.25, -0.2) is 0 Å². The molecule has 0 unspecified atom stereocenters. The second kappa shape index (κ2) is 744. The molecule has 0 rings (SSSR count). The largest absolute Gasteiger partial charge is 2.00 e. The van der Waals surface area contributed by atoms with Crippen LogP contribution in [0.25, 0.3) is 0 Å². The van der Waals surface area contributed by atoms with E-state index >= 15 is 0 Å². The number of hydrogen-bond acceptors (Lipinski definition) is 3. The molecule has 0 aromatic heterocycles. The first-order valence-corrected chi connectivity index (χ1v) is 1.60. The Hall–Kier alpha value is 0.679. The third kappa shape index (κ3) is 468. The summed E-state index contributed by atoms with van der Waals surface area (Å²) < 4.78 is 0. The van der Waals surface area contributed by atoms with Gasteiger partial charge in [0, 0.05) is 0 Å². The molecular weight excluding hydrogens is 215 g/mol. The van der Waals surface area contributed by atoms with Crippen molar-refractivity contribution in [3.8, 4) is 0 Å². The van der Waals surface area contributed by atoms with Gasteiger partial charge in [0.05, 0.1) is 0 Å². The van der Waals surface area contributed by atoms with Crippen molar-refractivity contribution in [1.29, 1.82) is 0 Å². The first kappa shape index (κ1) is 37.8. The molecule has 0 fully saturated rings. The van der Waals surface area contributed by atoms with Gasteiger partial charge in [-0.15, -0.1) is 0 Å². The van der Waals surface area contributed by atoms with Gasteiger partial charge < -0.3 is 16.0 Å². The second-order valence-electron chi connectivity index (χ2n) is 0. The molecule has 0 heterocycles. The zero-order valence-electron chi connectivity index (χ0n) is 5.22. The molecule has 0 aliphatic rings. The molecule has 0 aliphatic carbocycles. The monoisotopic (exact) mass is 228 g/mol. The first-order valence-electron chi connectivity index (χ1n) is 1.60. The molecule has 0 saturated heterocycles. The Balaban J connectivity index is -0.00000000500. The van der Waals surface area contributed by atoms with Crippen molar-refractivity contribution in [3.63, 3.8) is 0 Å². The van der Waals surface area contributed by atoms with Crippen molar-refractivity contribution in [2.75, 3.05) is 0 Å². The van der Waals surface area contributed by atoms with Gasteiger partial charge >= 0.3 is 23.9 Å². The van der Waals surface area contributed by atoms with E-state index in [4.69, 9.17) is 10.5 Å². The molecule has 0 aliphatic heterocycles. The van der Waals surface area contributed by atoms with Crippen LogP contribution in [-0.4, -0.2) is 34.6 Å². The van der Waals surface area contributed by atoms with Crippen molar-refractivity contribution >= 4 is 23.9 Å². The van der Waals surface area contributed by atoms with Gasteiger partial charge in [0.25, 0.3) is 0 Å². The van der Waals surface area contributed by atoms with Crippen LogP contribution < -0.4 is 5.26 Å². The van der Waals surface area contributed by atoms with E-state index in [1.54, 1.807) is 13.8 Å². The summed E-state index contributed by atoms with van der Waals surface area (Å²) in [6.45, 7) is 10.0. The van der Waals surface area contributed by atoms with Gasteiger partial charge in [-0.3, -0.25) is 0 Å². The van der Waals surface area contributed by atoms with Crippen molar-refractivity contribution in [2.24, 2.45) is 0 Å². The third-order valence-electron chi connectivity index (χ3n) is 0. The third-order valence-corrected chi connectivity index (χ3v) is 0. The van der Waals surface area contributed by atoms with Crippen LogP contribution in [0, 0.1) is 13.8 Å². The van der Waals surface area contributed by atoms with E-state index < -0.39 is 0 Å². The van der Waals surface area contributed by atoms with E-state index in [-0.39, 0.29) is 29.4 Å². The van der Waals surface area contributed by atoms with Crippen LogP contribution in [-0.2, 0) is 0 Å². The predicted molar refractivity (Wildman–Crippen MR) is 32.4 cm³/mol. The Kier molecular flexibility index (Phi) is 3510. The van der Waals surface area contributed by atoms with Gasteiger partial charge in [0.15, 0.2) is 0 Å². The molecule has 0 bridgehead atoms. The van der Waals surface area contributed by atoms with Crippen molar-refractivity contribution in [1.82, 2.24) is 0 Å². The molecule has 2 N–H and O–H groups in total. The van der Waals surface area contributed by atoms with Gasteiger partial charge in [0.1, 0.15) is 0 Å². The van der Waals surface area contributed by atoms with Crippen LogP contribution in [0.15, 0.2) is 0 Å². The summed E-state index contributed by atoms with van der Waals surface area (Å²) in [5, 5.41) is 13.0. The fraction of sp³-hybridized carbons (Fsp3) is 0.500. The van der Waals surface area contributed by atoms with Crippen molar-refractivity contribution in [2.45, 2.75) is 13.8 Å². The summed E-state index contributed by atoms with van der Waals surface area (Å²) >= 11 is 0. The minimum Gasteiger partial charge on any atom is -0.870 e. The maximum absolute atomic E-state index is 7.25. The van der Waals surface area contributed by atoms with Crippen LogP contribution in [0.4, 0.5) is 0 Å². The summed E-state index contributed by atoms with van der Waals surface area (Å²) in [4.78, 5) is 0. The minimum absolute atomic E-state index is 0. The van der Waals surface area contributed by atoms with E-state index in [0.717, 1.165) is 0 Å². The molecule has 0 aromatic rings. The zero-order chi connectivity index (χ0) is 6.00. The fourth-order valence-corrected chi connectivity index (χ4v) is 0. The quantitative estimate of drug-likeness (QED) is 0.358. The van der Waals surface area contributed by atoms with E-state index in [1.807, 2.05) is 0 Å².